The highest BCUT2D eigenvalue weighted by molar-refractivity contribution is 6.61. The SMILES string of the molecule is CC(C)(C)OC(=O)Cl.CCCCC(=O)O. The Balaban J connectivity index is 0. The Morgan fingerprint density at radius 2 is 1.80 bits per heavy atom. The second-order valence-corrected chi connectivity index (χ2v) is 4.26. The summed E-state index contributed by atoms with van der Waals surface area (Å²) < 4.78 is 4.56. The molecule has 0 unspecified atom stereocenters. The molecule has 1 N–H and O–H groups in total. The van der Waals surface area contributed by atoms with Crippen molar-refractivity contribution < 1.29 is 19.4 Å². The van der Waals surface area contributed by atoms with Crippen molar-refractivity contribution >= 4 is 23.0 Å². The normalized spacial score (nSPS) is 9.93. The first-order chi connectivity index (χ1) is 6.69. The maximum atomic E-state index is 10.0. The second-order valence-electron chi connectivity index (χ2n) is 3.95. The topological polar surface area (TPSA) is 63.6 Å². The van der Waals surface area contributed by atoms with Crippen LogP contribution in [0.5, 0.6) is 0 Å². The maximum Gasteiger partial charge on any atom is 0.404 e. The van der Waals surface area contributed by atoms with Gasteiger partial charge in [-0.3, -0.25) is 4.79 Å². The number of ether oxygens (including phenoxy) is 1. The first-order valence-electron chi connectivity index (χ1n) is 4.79. The quantitative estimate of drug-likeness (QED) is 0.766. The van der Waals surface area contributed by atoms with Crippen LogP contribution in [0.3, 0.4) is 0 Å². The van der Waals surface area contributed by atoms with Gasteiger partial charge >= 0.3 is 11.4 Å². The lowest BCUT2D eigenvalue weighted by molar-refractivity contribution is -0.137. The standard InChI is InChI=1S/C5H9ClO2.C5H10O2/c1-5(2,3)8-4(6)7;1-2-3-4-5(6)7/h1-3H3;2-4H2,1H3,(H,6,7). The smallest absolute Gasteiger partial charge is 0.404 e. The molecule has 0 saturated carbocycles. The fourth-order valence-electron chi connectivity index (χ4n) is 0.569. The Morgan fingerprint density at radius 3 is 1.87 bits per heavy atom. The number of halogens is 1. The van der Waals surface area contributed by atoms with Gasteiger partial charge in [-0.2, -0.15) is 0 Å². The van der Waals surface area contributed by atoms with Gasteiger partial charge in [0, 0.05) is 18.0 Å². The van der Waals surface area contributed by atoms with Crippen LogP contribution < -0.4 is 0 Å². The van der Waals surface area contributed by atoms with Crippen molar-refractivity contribution in [2.45, 2.75) is 52.6 Å². The van der Waals surface area contributed by atoms with Crippen molar-refractivity contribution in [3.63, 3.8) is 0 Å². The minimum atomic E-state index is -0.752. The Labute approximate surface area is 95.6 Å². The maximum absolute atomic E-state index is 10.0. The number of rotatable bonds is 3. The molecule has 0 amide bonds. The van der Waals surface area contributed by atoms with Crippen LogP contribution in [0.25, 0.3) is 0 Å². The average molecular weight is 239 g/mol. The van der Waals surface area contributed by atoms with E-state index in [0.717, 1.165) is 12.8 Å². The third-order valence-electron chi connectivity index (χ3n) is 1.13. The van der Waals surface area contributed by atoms with Crippen LogP contribution in [0, 0.1) is 0 Å². The number of unbranched alkanes of at least 4 members (excludes halogenated alkanes) is 1. The van der Waals surface area contributed by atoms with Gasteiger partial charge in [0.15, 0.2) is 0 Å². The minimum absolute atomic E-state index is 0.316. The first-order valence-corrected chi connectivity index (χ1v) is 5.17. The molecule has 0 radical (unpaired) electrons. The summed E-state index contributed by atoms with van der Waals surface area (Å²) in [6.45, 7) is 7.25. The Hall–Kier alpha value is -0.770. The van der Waals surface area contributed by atoms with Gasteiger partial charge in [-0.25, -0.2) is 4.79 Å². The lowest BCUT2D eigenvalue weighted by Gasteiger charge is -2.16. The predicted octanol–water partition coefficient (Wildman–Crippen LogP) is 3.42. The highest BCUT2D eigenvalue weighted by atomic mass is 35.5. The highest BCUT2D eigenvalue weighted by Crippen LogP contribution is 2.08. The lowest BCUT2D eigenvalue weighted by atomic mass is 10.2. The zero-order valence-corrected chi connectivity index (χ0v) is 10.4. The van der Waals surface area contributed by atoms with Crippen molar-refractivity contribution in [3.8, 4) is 0 Å². The van der Waals surface area contributed by atoms with Crippen LogP contribution in [-0.4, -0.2) is 22.1 Å². The third-order valence-corrected chi connectivity index (χ3v) is 1.21. The van der Waals surface area contributed by atoms with Crippen molar-refractivity contribution in [2.75, 3.05) is 0 Å². The zero-order valence-electron chi connectivity index (χ0n) is 9.67. The van der Waals surface area contributed by atoms with Crippen LogP contribution >= 0.6 is 11.6 Å². The van der Waals surface area contributed by atoms with Gasteiger partial charge in [-0.15, -0.1) is 0 Å². The molecular formula is C10H19ClO4. The monoisotopic (exact) mass is 238 g/mol. The van der Waals surface area contributed by atoms with Crippen LogP contribution in [0.2, 0.25) is 0 Å². The van der Waals surface area contributed by atoms with Gasteiger partial charge in [-0.05, 0) is 27.2 Å². The van der Waals surface area contributed by atoms with Gasteiger partial charge < -0.3 is 9.84 Å². The molecule has 0 spiro atoms. The van der Waals surface area contributed by atoms with E-state index in [9.17, 15) is 9.59 Å². The molecule has 0 rings (SSSR count). The fraction of sp³-hybridized carbons (Fsp3) is 0.800. The first kappa shape index (κ1) is 16.7. The van der Waals surface area contributed by atoms with Crippen LogP contribution in [0.15, 0.2) is 0 Å². The lowest BCUT2D eigenvalue weighted by Crippen LogP contribution is -2.20. The highest BCUT2D eigenvalue weighted by Gasteiger charge is 2.13. The van der Waals surface area contributed by atoms with Crippen LogP contribution in [0.4, 0.5) is 4.79 Å². The van der Waals surface area contributed by atoms with E-state index in [4.69, 9.17) is 16.7 Å². The van der Waals surface area contributed by atoms with E-state index in [2.05, 4.69) is 4.74 Å². The summed E-state index contributed by atoms with van der Waals surface area (Å²) in [6, 6.07) is 0. The number of carbonyl (C=O) groups excluding carboxylic acids is 1. The van der Waals surface area contributed by atoms with E-state index in [1.165, 1.54) is 0 Å². The third kappa shape index (κ3) is 24.6. The van der Waals surface area contributed by atoms with Gasteiger partial charge in [0.2, 0.25) is 0 Å². The number of aliphatic carboxylic acids is 1. The fourth-order valence-corrected chi connectivity index (χ4v) is 0.800. The number of carboxylic acids is 1. The van der Waals surface area contributed by atoms with E-state index >= 15 is 0 Å². The summed E-state index contributed by atoms with van der Waals surface area (Å²) in [5.41, 5.74) is -1.21. The van der Waals surface area contributed by atoms with Crippen LogP contribution in [0.1, 0.15) is 47.0 Å². The van der Waals surface area contributed by atoms with Crippen LogP contribution in [-0.2, 0) is 9.53 Å². The molecule has 0 aliphatic heterocycles. The molecule has 5 heteroatoms. The average Bonchev–Trinajstić information content (AvgIpc) is 1.96. The second kappa shape index (κ2) is 8.53. The van der Waals surface area contributed by atoms with E-state index in [1.54, 1.807) is 20.8 Å². The Bertz CT molecular complexity index is 196. The summed E-state index contributed by atoms with van der Waals surface area (Å²) in [6.07, 6.45) is 2.08. The summed E-state index contributed by atoms with van der Waals surface area (Å²) in [5.74, 6) is -0.693. The molecule has 90 valence electrons. The van der Waals surface area contributed by atoms with Crippen molar-refractivity contribution in [1.82, 2.24) is 0 Å². The molecule has 0 aliphatic rings. The van der Waals surface area contributed by atoms with Crippen molar-refractivity contribution in [3.05, 3.63) is 0 Å². The zero-order chi connectivity index (χ0) is 12.5. The van der Waals surface area contributed by atoms with Gasteiger partial charge in [0.25, 0.3) is 0 Å². The molecule has 4 nitrogen and oxygen atoms in total. The van der Waals surface area contributed by atoms with Crippen molar-refractivity contribution in [2.24, 2.45) is 0 Å². The molecule has 0 aromatic carbocycles. The Kier molecular flexibility index (Phi) is 9.47. The summed E-state index contributed by atoms with van der Waals surface area (Å²) in [7, 11) is 0. The number of carbonyl (C=O) groups is 2. The summed E-state index contributed by atoms with van der Waals surface area (Å²) in [5, 5.41) is 8.04. The molecular weight excluding hydrogens is 220 g/mol. The van der Waals surface area contributed by atoms with E-state index in [0.29, 0.717) is 6.42 Å². The summed E-state index contributed by atoms with van der Waals surface area (Å²) in [4.78, 5) is 19.8. The van der Waals surface area contributed by atoms with E-state index in [1.807, 2.05) is 6.92 Å². The molecule has 0 aromatic rings. The molecule has 0 saturated heterocycles. The largest absolute Gasteiger partial charge is 0.481 e. The minimum Gasteiger partial charge on any atom is -0.481 e. The van der Waals surface area contributed by atoms with E-state index in [-0.39, 0.29) is 0 Å². The van der Waals surface area contributed by atoms with Gasteiger partial charge in [-0.1, -0.05) is 13.3 Å². The Morgan fingerprint density at radius 1 is 1.33 bits per heavy atom. The molecule has 0 atom stereocenters. The summed E-state index contributed by atoms with van der Waals surface area (Å²) >= 11 is 4.90. The predicted molar refractivity (Wildman–Crippen MR) is 59.2 cm³/mol. The molecule has 0 aromatic heterocycles. The molecule has 0 aliphatic carbocycles. The number of carboxylic acid groups (broad SMARTS) is 1. The van der Waals surface area contributed by atoms with Gasteiger partial charge in [0.1, 0.15) is 5.60 Å². The molecule has 15 heavy (non-hydrogen) atoms. The van der Waals surface area contributed by atoms with E-state index < -0.39 is 17.0 Å². The number of hydrogen-bond acceptors (Lipinski definition) is 3. The van der Waals surface area contributed by atoms with Crippen molar-refractivity contribution in [1.29, 1.82) is 0 Å². The number of hydrogen-bond donors (Lipinski definition) is 1. The molecule has 0 fully saturated rings. The van der Waals surface area contributed by atoms with Gasteiger partial charge in [0.05, 0.1) is 0 Å². The molecule has 0 heterocycles. The molecule has 0 bridgehead atoms.